The number of nitro benzene ring substituents is 1. The molecule has 0 aromatic heterocycles. The minimum absolute atomic E-state index is 0.0840. The molecule has 1 aliphatic heterocycles. The molecule has 1 saturated heterocycles. The molecule has 0 radical (unpaired) electrons. The number of nitrogens with zero attached hydrogens (tertiary/aromatic N) is 1. The highest BCUT2D eigenvalue weighted by molar-refractivity contribution is 6.31. The van der Waals surface area contributed by atoms with E-state index < -0.39 is 10.7 Å². The van der Waals surface area contributed by atoms with Gasteiger partial charge in [-0.2, -0.15) is 0 Å². The van der Waals surface area contributed by atoms with Crippen molar-refractivity contribution in [3.63, 3.8) is 0 Å². The summed E-state index contributed by atoms with van der Waals surface area (Å²) < 4.78 is 18.7. The summed E-state index contributed by atoms with van der Waals surface area (Å²) in [5, 5.41) is 13.8. The van der Waals surface area contributed by atoms with Crippen LogP contribution in [0.15, 0.2) is 12.1 Å². The predicted octanol–water partition coefficient (Wildman–Crippen LogP) is 2.91. The standard InChI is InChI=1S/C12H14ClFN2O3/c13-9-5-11(16(17)18)12(6-10(9)14)19-7-8-3-1-2-4-15-8/h5-6,8,15H,1-4,7H2. The molecule has 1 atom stereocenters. The van der Waals surface area contributed by atoms with Gasteiger partial charge in [-0.05, 0) is 19.4 Å². The van der Waals surface area contributed by atoms with E-state index in [4.69, 9.17) is 16.3 Å². The van der Waals surface area contributed by atoms with E-state index in [9.17, 15) is 14.5 Å². The highest BCUT2D eigenvalue weighted by Gasteiger charge is 2.21. The van der Waals surface area contributed by atoms with Gasteiger partial charge in [0.25, 0.3) is 0 Å². The van der Waals surface area contributed by atoms with Crippen LogP contribution in [0.1, 0.15) is 19.3 Å². The number of nitro groups is 1. The molecule has 19 heavy (non-hydrogen) atoms. The first kappa shape index (κ1) is 14.0. The summed E-state index contributed by atoms with van der Waals surface area (Å²) in [4.78, 5) is 10.2. The molecule has 0 spiro atoms. The molecular formula is C12H14ClFN2O3. The zero-order valence-corrected chi connectivity index (χ0v) is 11.0. The van der Waals surface area contributed by atoms with Crippen LogP contribution in [0.3, 0.4) is 0 Å². The summed E-state index contributed by atoms with van der Waals surface area (Å²) in [5.41, 5.74) is -0.317. The van der Waals surface area contributed by atoms with E-state index in [1.807, 2.05) is 0 Å². The first-order chi connectivity index (χ1) is 9.08. The number of hydrogen-bond donors (Lipinski definition) is 1. The summed E-state index contributed by atoms with van der Waals surface area (Å²) in [5.74, 6) is -0.807. The van der Waals surface area contributed by atoms with Crippen LogP contribution in [0, 0.1) is 15.9 Å². The number of halogens is 2. The van der Waals surface area contributed by atoms with Crippen LogP contribution in [-0.4, -0.2) is 24.1 Å². The maximum Gasteiger partial charge on any atom is 0.312 e. The van der Waals surface area contributed by atoms with E-state index in [1.165, 1.54) is 0 Å². The van der Waals surface area contributed by atoms with E-state index in [-0.39, 0.29) is 29.1 Å². The SMILES string of the molecule is O=[N+]([O-])c1cc(Cl)c(F)cc1OCC1CCCCN1. The molecule has 1 N–H and O–H groups in total. The lowest BCUT2D eigenvalue weighted by Gasteiger charge is -2.23. The van der Waals surface area contributed by atoms with E-state index >= 15 is 0 Å². The molecule has 7 heteroatoms. The fourth-order valence-electron chi connectivity index (χ4n) is 2.03. The van der Waals surface area contributed by atoms with Gasteiger partial charge in [-0.25, -0.2) is 4.39 Å². The van der Waals surface area contributed by atoms with Crippen molar-refractivity contribution in [3.8, 4) is 5.75 Å². The van der Waals surface area contributed by atoms with Crippen molar-refractivity contribution < 1.29 is 14.1 Å². The summed E-state index contributed by atoms with van der Waals surface area (Å²) in [6.45, 7) is 1.19. The van der Waals surface area contributed by atoms with Crippen molar-refractivity contribution in [2.45, 2.75) is 25.3 Å². The fourth-order valence-corrected chi connectivity index (χ4v) is 2.19. The number of hydrogen-bond acceptors (Lipinski definition) is 4. The van der Waals surface area contributed by atoms with Crippen molar-refractivity contribution >= 4 is 17.3 Å². The Labute approximate surface area is 114 Å². The van der Waals surface area contributed by atoms with E-state index in [0.29, 0.717) is 0 Å². The fraction of sp³-hybridized carbons (Fsp3) is 0.500. The Bertz CT molecular complexity index is 478. The Balaban J connectivity index is 2.09. The van der Waals surface area contributed by atoms with E-state index in [0.717, 1.165) is 37.9 Å². The third kappa shape index (κ3) is 3.54. The molecular weight excluding hydrogens is 275 g/mol. The highest BCUT2D eigenvalue weighted by Crippen LogP contribution is 2.32. The Kier molecular flexibility index (Phi) is 4.55. The number of rotatable bonds is 4. The first-order valence-electron chi connectivity index (χ1n) is 6.07. The van der Waals surface area contributed by atoms with Crippen LogP contribution >= 0.6 is 11.6 Å². The predicted molar refractivity (Wildman–Crippen MR) is 69.2 cm³/mol. The second-order valence-electron chi connectivity index (χ2n) is 4.45. The van der Waals surface area contributed by atoms with E-state index in [2.05, 4.69) is 5.32 Å². The molecule has 0 aliphatic carbocycles. The van der Waals surface area contributed by atoms with Crippen LogP contribution in [0.4, 0.5) is 10.1 Å². The monoisotopic (exact) mass is 288 g/mol. The maximum absolute atomic E-state index is 13.3. The topological polar surface area (TPSA) is 64.4 Å². The highest BCUT2D eigenvalue weighted by atomic mass is 35.5. The van der Waals surface area contributed by atoms with Gasteiger partial charge in [0.1, 0.15) is 12.4 Å². The Morgan fingerprint density at radius 2 is 2.32 bits per heavy atom. The van der Waals surface area contributed by atoms with Gasteiger partial charge < -0.3 is 10.1 Å². The largest absolute Gasteiger partial charge is 0.485 e. The van der Waals surface area contributed by atoms with Crippen molar-refractivity contribution in [3.05, 3.63) is 33.1 Å². The van der Waals surface area contributed by atoms with Gasteiger partial charge in [-0.3, -0.25) is 10.1 Å². The minimum Gasteiger partial charge on any atom is -0.485 e. The molecule has 104 valence electrons. The third-order valence-electron chi connectivity index (χ3n) is 3.05. The third-order valence-corrected chi connectivity index (χ3v) is 3.34. The average Bonchev–Trinajstić information content (AvgIpc) is 2.40. The van der Waals surface area contributed by atoms with Gasteiger partial charge in [-0.15, -0.1) is 0 Å². The molecule has 0 amide bonds. The van der Waals surface area contributed by atoms with Gasteiger partial charge in [0.05, 0.1) is 9.95 Å². The number of ether oxygens (including phenoxy) is 1. The second-order valence-corrected chi connectivity index (χ2v) is 4.86. The summed E-state index contributed by atoms with van der Waals surface area (Å²) in [7, 11) is 0. The number of piperidine rings is 1. The van der Waals surface area contributed by atoms with Crippen LogP contribution < -0.4 is 10.1 Å². The molecule has 2 rings (SSSR count). The molecule has 5 nitrogen and oxygen atoms in total. The molecule has 0 saturated carbocycles. The maximum atomic E-state index is 13.3. The summed E-state index contributed by atoms with van der Waals surface area (Å²) in [6, 6.07) is 2.08. The first-order valence-corrected chi connectivity index (χ1v) is 6.45. The lowest BCUT2D eigenvalue weighted by molar-refractivity contribution is -0.385. The second kappa shape index (κ2) is 6.16. The van der Waals surface area contributed by atoms with Gasteiger partial charge in [0, 0.05) is 18.2 Å². The van der Waals surface area contributed by atoms with Crippen LogP contribution in [0.2, 0.25) is 5.02 Å². The molecule has 0 bridgehead atoms. The Morgan fingerprint density at radius 3 is 2.95 bits per heavy atom. The van der Waals surface area contributed by atoms with Gasteiger partial charge in [0.2, 0.25) is 0 Å². The molecule has 1 aromatic carbocycles. The normalized spacial score (nSPS) is 19.2. The van der Waals surface area contributed by atoms with Crippen molar-refractivity contribution in [1.29, 1.82) is 0 Å². The van der Waals surface area contributed by atoms with E-state index in [1.54, 1.807) is 0 Å². The average molecular weight is 289 g/mol. The van der Waals surface area contributed by atoms with Crippen molar-refractivity contribution in [2.24, 2.45) is 0 Å². The van der Waals surface area contributed by atoms with Gasteiger partial charge in [-0.1, -0.05) is 18.0 Å². The molecule has 1 aliphatic rings. The van der Waals surface area contributed by atoms with Crippen LogP contribution in [0.5, 0.6) is 5.75 Å². The molecule has 1 unspecified atom stereocenters. The summed E-state index contributed by atoms with van der Waals surface area (Å²) >= 11 is 5.53. The van der Waals surface area contributed by atoms with Gasteiger partial charge in [0.15, 0.2) is 5.75 Å². The number of benzene rings is 1. The summed E-state index contributed by atoms with van der Waals surface area (Å²) in [6.07, 6.45) is 3.16. The van der Waals surface area contributed by atoms with Crippen molar-refractivity contribution in [2.75, 3.05) is 13.2 Å². The quantitative estimate of drug-likeness (QED) is 0.683. The zero-order valence-electron chi connectivity index (χ0n) is 10.2. The Morgan fingerprint density at radius 1 is 1.53 bits per heavy atom. The van der Waals surface area contributed by atoms with Gasteiger partial charge >= 0.3 is 5.69 Å². The zero-order chi connectivity index (χ0) is 13.8. The molecule has 1 fully saturated rings. The lowest BCUT2D eigenvalue weighted by atomic mass is 10.1. The minimum atomic E-state index is -0.723. The van der Waals surface area contributed by atoms with Crippen LogP contribution in [0.25, 0.3) is 0 Å². The number of nitrogens with one attached hydrogen (secondary N) is 1. The Hall–Kier alpha value is -1.40. The molecule has 1 aromatic rings. The van der Waals surface area contributed by atoms with Crippen molar-refractivity contribution in [1.82, 2.24) is 5.32 Å². The lowest BCUT2D eigenvalue weighted by Crippen LogP contribution is -2.38. The smallest absolute Gasteiger partial charge is 0.312 e. The van der Waals surface area contributed by atoms with Crippen LogP contribution in [-0.2, 0) is 0 Å². The molecule has 1 heterocycles.